The lowest BCUT2D eigenvalue weighted by atomic mass is 10.0. The van der Waals surface area contributed by atoms with Gasteiger partial charge in [0, 0.05) is 16.9 Å². The normalized spacial score (nSPS) is 12.4. The predicted octanol–water partition coefficient (Wildman–Crippen LogP) is 2.72. The molecule has 0 N–H and O–H groups in total. The molecule has 4 nitrogen and oxygen atoms in total. The standard InChI is InChI=1S/C17H15BN4/c1-3-8-13(4-2)22-16(12-9-6-5-7-10-12)21-14-15(18)19-11-20-17(14)22/h3-11H,1-2H3/b8-3-,13-4+. The van der Waals surface area contributed by atoms with Gasteiger partial charge >= 0.3 is 0 Å². The van der Waals surface area contributed by atoms with E-state index < -0.39 is 0 Å². The van der Waals surface area contributed by atoms with Gasteiger partial charge in [-0.1, -0.05) is 42.5 Å². The maximum absolute atomic E-state index is 5.97. The maximum atomic E-state index is 5.97. The Morgan fingerprint density at radius 2 is 1.91 bits per heavy atom. The average molecular weight is 286 g/mol. The van der Waals surface area contributed by atoms with E-state index in [4.69, 9.17) is 7.85 Å². The monoisotopic (exact) mass is 286 g/mol. The van der Waals surface area contributed by atoms with E-state index in [1.807, 2.05) is 67.0 Å². The molecule has 0 saturated carbocycles. The van der Waals surface area contributed by atoms with Gasteiger partial charge in [-0.05, 0) is 19.9 Å². The molecule has 0 aliphatic rings. The summed E-state index contributed by atoms with van der Waals surface area (Å²) in [6.45, 7) is 3.97. The van der Waals surface area contributed by atoms with E-state index in [1.165, 1.54) is 6.33 Å². The van der Waals surface area contributed by atoms with Crippen LogP contribution in [-0.4, -0.2) is 27.4 Å². The van der Waals surface area contributed by atoms with Crippen LogP contribution in [0.25, 0.3) is 28.2 Å². The minimum absolute atomic E-state index is 0.386. The Morgan fingerprint density at radius 3 is 2.59 bits per heavy atom. The van der Waals surface area contributed by atoms with Gasteiger partial charge in [-0.3, -0.25) is 9.55 Å². The van der Waals surface area contributed by atoms with E-state index in [9.17, 15) is 0 Å². The summed E-state index contributed by atoms with van der Waals surface area (Å²) in [6, 6.07) is 9.99. The van der Waals surface area contributed by atoms with Gasteiger partial charge in [-0.2, -0.15) is 0 Å². The van der Waals surface area contributed by atoms with E-state index >= 15 is 0 Å². The van der Waals surface area contributed by atoms with E-state index in [2.05, 4.69) is 15.0 Å². The number of fused-ring (bicyclic) bond motifs is 1. The van der Waals surface area contributed by atoms with Crippen LogP contribution < -0.4 is 5.59 Å². The molecule has 5 heteroatoms. The molecule has 0 atom stereocenters. The Labute approximate surface area is 130 Å². The van der Waals surface area contributed by atoms with E-state index in [-0.39, 0.29) is 0 Å². The molecule has 2 heterocycles. The molecule has 0 bridgehead atoms. The highest BCUT2D eigenvalue weighted by atomic mass is 15.1. The van der Waals surface area contributed by atoms with Gasteiger partial charge in [-0.25, -0.2) is 9.97 Å². The summed E-state index contributed by atoms with van der Waals surface area (Å²) in [5.41, 5.74) is 3.70. The number of hydrogen-bond acceptors (Lipinski definition) is 3. The summed E-state index contributed by atoms with van der Waals surface area (Å²) >= 11 is 0. The van der Waals surface area contributed by atoms with E-state index in [0.29, 0.717) is 16.8 Å². The predicted molar refractivity (Wildman–Crippen MR) is 90.9 cm³/mol. The molecular weight excluding hydrogens is 271 g/mol. The molecule has 106 valence electrons. The summed E-state index contributed by atoms with van der Waals surface area (Å²) in [5.74, 6) is 0.800. The minimum atomic E-state index is 0.386. The van der Waals surface area contributed by atoms with Crippen molar-refractivity contribution in [2.75, 3.05) is 0 Å². The summed E-state index contributed by atoms with van der Waals surface area (Å²) in [4.78, 5) is 13.1. The first-order valence-electron chi connectivity index (χ1n) is 7.10. The molecule has 0 unspecified atom stereocenters. The van der Waals surface area contributed by atoms with Gasteiger partial charge in [0.15, 0.2) is 5.65 Å². The number of benzene rings is 1. The molecule has 22 heavy (non-hydrogen) atoms. The summed E-state index contributed by atoms with van der Waals surface area (Å²) in [6.07, 6.45) is 7.49. The number of hydrogen-bond donors (Lipinski definition) is 0. The van der Waals surface area contributed by atoms with Gasteiger partial charge in [0.05, 0.1) is 0 Å². The SMILES string of the molecule is [B]c1ncnc2c1nc(-c1ccccc1)n2C(/C=C\C)=C/C. The summed E-state index contributed by atoms with van der Waals surface area (Å²) < 4.78 is 2.00. The van der Waals surface area contributed by atoms with Crippen molar-refractivity contribution >= 4 is 30.3 Å². The van der Waals surface area contributed by atoms with Crippen molar-refractivity contribution in [3.8, 4) is 11.4 Å². The molecule has 0 amide bonds. The van der Waals surface area contributed by atoms with Crippen molar-refractivity contribution < 1.29 is 0 Å². The third-order valence-corrected chi connectivity index (χ3v) is 3.40. The highest BCUT2D eigenvalue weighted by molar-refractivity contribution is 6.36. The molecular formula is C17H15BN4. The van der Waals surface area contributed by atoms with Crippen LogP contribution in [-0.2, 0) is 0 Å². The summed E-state index contributed by atoms with van der Waals surface area (Å²) in [5, 5.41) is 0. The van der Waals surface area contributed by atoms with Crippen LogP contribution in [0.15, 0.2) is 54.9 Å². The molecule has 3 aromatic rings. The van der Waals surface area contributed by atoms with Crippen LogP contribution in [0.2, 0.25) is 0 Å². The second-order valence-electron chi connectivity index (χ2n) is 4.78. The third-order valence-electron chi connectivity index (χ3n) is 3.40. The van der Waals surface area contributed by atoms with Crippen molar-refractivity contribution in [2.24, 2.45) is 0 Å². The number of imidazole rings is 1. The van der Waals surface area contributed by atoms with Crippen LogP contribution in [0.3, 0.4) is 0 Å². The fraction of sp³-hybridized carbons (Fsp3) is 0.118. The van der Waals surface area contributed by atoms with E-state index in [1.54, 1.807) is 0 Å². The van der Waals surface area contributed by atoms with Crippen molar-refractivity contribution in [3.63, 3.8) is 0 Å². The quantitative estimate of drug-likeness (QED) is 0.549. The van der Waals surface area contributed by atoms with Crippen molar-refractivity contribution in [1.82, 2.24) is 19.5 Å². The smallest absolute Gasteiger partial charge is 0.167 e. The maximum Gasteiger partial charge on any atom is 0.167 e. The van der Waals surface area contributed by atoms with Crippen molar-refractivity contribution in [1.29, 1.82) is 0 Å². The van der Waals surface area contributed by atoms with Crippen LogP contribution >= 0.6 is 0 Å². The fourth-order valence-corrected chi connectivity index (χ4v) is 2.41. The molecule has 0 aliphatic carbocycles. The molecule has 2 radical (unpaired) electrons. The first kappa shape index (κ1) is 14.3. The van der Waals surface area contributed by atoms with Crippen molar-refractivity contribution in [3.05, 3.63) is 54.9 Å². The zero-order chi connectivity index (χ0) is 15.5. The first-order chi connectivity index (χ1) is 10.8. The molecule has 0 saturated heterocycles. The number of aromatic nitrogens is 4. The second kappa shape index (κ2) is 5.97. The molecule has 3 rings (SSSR count). The Morgan fingerprint density at radius 1 is 1.14 bits per heavy atom. The van der Waals surface area contributed by atoms with Crippen molar-refractivity contribution in [2.45, 2.75) is 13.8 Å². The lowest BCUT2D eigenvalue weighted by molar-refractivity contribution is 1.10. The average Bonchev–Trinajstić information content (AvgIpc) is 2.94. The Balaban J connectivity index is 2.39. The highest BCUT2D eigenvalue weighted by Crippen LogP contribution is 2.26. The Hall–Kier alpha value is -2.69. The zero-order valence-corrected chi connectivity index (χ0v) is 12.6. The largest absolute Gasteiger partial charge is 0.277 e. The topological polar surface area (TPSA) is 43.6 Å². The van der Waals surface area contributed by atoms with Crippen LogP contribution in [0.1, 0.15) is 13.8 Å². The van der Waals surface area contributed by atoms with Crippen LogP contribution in [0, 0.1) is 0 Å². The molecule has 0 spiro atoms. The number of rotatable bonds is 3. The molecule has 0 aliphatic heterocycles. The fourth-order valence-electron chi connectivity index (χ4n) is 2.41. The van der Waals surface area contributed by atoms with Gasteiger partial charge in [0.1, 0.15) is 25.5 Å². The van der Waals surface area contributed by atoms with E-state index in [0.717, 1.165) is 17.1 Å². The van der Waals surface area contributed by atoms with Gasteiger partial charge in [0.2, 0.25) is 0 Å². The lowest BCUT2D eigenvalue weighted by Crippen LogP contribution is -2.10. The van der Waals surface area contributed by atoms with Crippen LogP contribution in [0.4, 0.5) is 0 Å². The Bertz CT molecular complexity index is 863. The Kier molecular flexibility index (Phi) is 3.87. The minimum Gasteiger partial charge on any atom is -0.277 e. The first-order valence-corrected chi connectivity index (χ1v) is 7.10. The molecule has 1 aromatic carbocycles. The number of allylic oxidation sites excluding steroid dienone is 4. The highest BCUT2D eigenvalue weighted by Gasteiger charge is 2.16. The van der Waals surface area contributed by atoms with Crippen LogP contribution in [0.5, 0.6) is 0 Å². The lowest BCUT2D eigenvalue weighted by Gasteiger charge is -2.09. The second-order valence-corrected chi connectivity index (χ2v) is 4.78. The number of nitrogens with zero attached hydrogens (tertiary/aromatic N) is 4. The summed E-state index contributed by atoms with van der Waals surface area (Å²) in [7, 11) is 5.97. The van der Waals surface area contributed by atoms with Gasteiger partial charge in [-0.15, -0.1) is 0 Å². The van der Waals surface area contributed by atoms with Gasteiger partial charge < -0.3 is 0 Å². The molecule has 0 fully saturated rings. The zero-order valence-electron chi connectivity index (χ0n) is 12.6. The van der Waals surface area contributed by atoms with Gasteiger partial charge in [0.25, 0.3) is 0 Å². The third kappa shape index (κ3) is 2.35. The molecule has 2 aromatic heterocycles.